The van der Waals surface area contributed by atoms with Crippen molar-refractivity contribution in [3.8, 4) is 5.75 Å². The summed E-state index contributed by atoms with van der Waals surface area (Å²) in [4.78, 5) is 24.6. The van der Waals surface area contributed by atoms with Gasteiger partial charge in [-0.05, 0) is 24.6 Å². The van der Waals surface area contributed by atoms with Crippen molar-refractivity contribution in [3.63, 3.8) is 0 Å². The number of amides is 1. The van der Waals surface area contributed by atoms with Crippen LogP contribution in [-0.2, 0) is 9.53 Å². The number of carboxylic acid groups (broad SMARTS) is 1. The number of ether oxygens (including phenoxy) is 2. The van der Waals surface area contributed by atoms with Gasteiger partial charge in [0.1, 0.15) is 12.3 Å². The lowest BCUT2D eigenvalue weighted by atomic mass is 10.2. The summed E-state index contributed by atoms with van der Waals surface area (Å²) in [6.45, 7) is 3.12. The van der Waals surface area contributed by atoms with Gasteiger partial charge in [0.25, 0.3) is 5.91 Å². The number of nitrogens with zero attached hydrogens (tertiary/aromatic N) is 1. The van der Waals surface area contributed by atoms with Crippen LogP contribution < -0.4 is 4.74 Å². The second-order valence-electron chi connectivity index (χ2n) is 4.84. The first-order valence-corrected chi connectivity index (χ1v) is 7.31. The molecule has 0 aliphatic heterocycles. The first-order chi connectivity index (χ1) is 10.6. The quantitative estimate of drug-likeness (QED) is 0.669. The van der Waals surface area contributed by atoms with Crippen LogP contribution in [0.25, 0.3) is 0 Å². The number of hydrogen-bond donors (Lipinski definition) is 1. The number of carbonyl (C=O) groups is 2. The monoisotopic (exact) mass is 309 g/mol. The molecule has 0 heterocycles. The third-order valence-electron chi connectivity index (χ3n) is 2.95. The summed E-state index contributed by atoms with van der Waals surface area (Å²) in [5.74, 6) is -0.728. The zero-order valence-corrected chi connectivity index (χ0v) is 13.1. The molecule has 0 spiro atoms. The molecule has 6 nitrogen and oxygen atoms in total. The molecule has 0 atom stereocenters. The summed E-state index contributed by atoms with van der Waals surface area (Å²) in [5, 5.41) is 8.90. The van der Waals surface area contributed by atoms with E-state index in [1.54, 1.807) is 31.4 Å². The maximum Gasteiger partial charge on any atom is 0.323 e. The molecule has 0 saturated carbocycles. The van der Waals surface area contributed by atoms with E-state index in [2.05, 4.69) is 0 Å². The molecule has 0 aliphatic rings. The van der Waals surface area contributed by atoms with Crippen molar-refractivity contribution in [1.29, 1.82) is 0 Å². The predicted molar refractivity (Wildman–Crippen MR) is 82.3 cm³/mol. The highest BCUT2D eigenvalue weighted by Crippen LogP contribution is 2.15. The van der Waals surface area contributed by atoms with Crippen LogP contribution >= 0.6 is 0 Å². The summed E-state index contributed by atoms with van der Waals surface area (Å²) < 4.78 is 10.5. The van der Waals surface area contributed by atoms with Gasteiger partial charge in [-0.3, -0.25) is 9.59 Å². The van der Waals surface area contributed by atoms with Gasteiger partial charge in [-0.1, -0.05) is 13.0 Å². The SMILES string of the molecule is CCCN(CC(=O)O)C(=O)c1cccc(OCCCOC)c1. The Bertz CT molecular complexity index is 489. The molecule has 1 amide bonds. The largest absolute Gasteiger partial charge is 0.493 e. The highest BCUT2D eigenvalue weighted by molar-refractivity contribution is 5.96. The van der Waals surface area contributed by atoms with Gasteiger partial charge in [0.15, 0.2) is 0 Å². The van der Waals surface area contributed by atoms with Gasteiger partial charge in [0, 0.05) is 32.2 Å². The van der Waals surface area contributed by atoms with Crippen molar-refractivity contribution >= 4 is 11.9 Å². The second kappa shape index (κ2) is 9.78. The van der Waals surface area contributed by atoms with Gasteiger partial charge in [0.05, 0.1) is 6.61 Å². The summed E-state index contributed by atoms with van der Waals surface area (Å²) in [5.41, 5.74) is 0.430. The minimum atomic E-state index is -1.02. The fourth-order valence-electron chi connectivity index (χ4n) is 1.98. The number of benzene rings is 1. The lowest BCUT2D eigenvalue weighted by molar-refractivity contribution is -0.137. The summed E-state index contributed by atoms with van der Waals surface area (Å²) in [7, 11) is 1.63. The molecular weight excluding hydrogens is 286 g/mol. The summed E-state index contributed by atoms with van der Waals surface area (Å²) >= 11 is 0. The molecule has 22 heavy (non-hydrogen) atoms. The number of rotatable bonds is 10. The van der Waals surface area contributed by atoms with Gasteiger partial charge < -0.3 is 19.5 Å². The van der Waals surface area contributed by atoms with Crippen LogP contribution in [0.2, 0.25) is 0 Å². The minimum absolute atomic E-state index is 0.299. The van der Waals surface area contributed by atoms with Crippen LogP contribution in [0.3, 0.4) is 0 Å². The Morgan fingerprint density at radius 1 is 1.27 bits per heavy atom. The molecule has 0 unspecified atom stereocenters. The topological polar surface area (TPSA) is 76.1 Å². The first kappa shape index (κ1) is 18.0. The molecule has 1 rings (SSSR count). The molecular formula is C16H23NO5. The second-order valence-corrected chi connectivity index (χ2v) is 4.84. The Morgan fingerprint density at radius 3 is 2.68 bits per heavy atom. The summed E-state index contributed by atoms with van der Waals surface area (Å²) in [6, 6.07) is 6.79. The Morgan fingerprint density at radius 2 is 2.05 bits per heavy atom. The zero-order valence-electron chi connectivity index (χ0n) is 13.1. The van der Waals surface area contributed by atoms with Crippen LogP contribution in [0.4, 0.5) is 0 Å². The van der Waals surface area contributed by atoms with E-state index >= 15 is 0 Å². The maximum absolute atomic E-state index is 12.4. The smallest absolute Gasteiger partial charge is 0.323 e. The van der Waals surface area contributed by atoms with E-state index in [4.69, 9.17) is 14.6 Å². The van der Waals surface area contributed by atoms with E-state index in [0.29, 0.717) is 37.5 Å². The van der Waals surface area contributed by atoms with E-state index in [1.807, 2.05) is 6.92 Å². The number of aliphatic carboxylic acids is 1. The molecule has 0 saturated heterocycles. The van der Waals surface area contributed by atoms with Crippen molar-refractivity contribution < 1.29 is 24.2 Å². The van der Waals surface area contributed by atoms with Crippen LogP contribution in [-0.4, -0.2) is 55.3 Å². The van der Waals surface area contributed by atoms with E-state index < -0.39 is 5.97 Å². The Balaban J connectivity index is 2.72. The molecule has 122 valence electrons. The normalized spacial score (nSPS) is 10.3. The third-order valence-corrected chi connectivity index (χ3v) is 2.95. The Hall–Kier alpha value is -2.08. The van der Waals surface area contributed by atoms with Crippen molar-refractivity contribution in [2.24, 2.45) is 0 Å². The van der Waals surface area contributed by atoms with Crippen molar-refractivity contribution in [2.45, 2.75) is 19.8 Å². The van der Waals surface area contributed by atoms with Gasteiger partial charge >= 0.3 is 5.97 Å². The molecule has 0 fully saturated rings. The fourth-order valence-corrected chi connectivity index (χ4v) is 1.98. The lowest BCUT2D eigenvalue weighted by Crippen LogP contribution is -2.36. The van der Waals surface area contributed by atoms with Gasteiger partial charge in [-0.25, -0.2) is 0 Å². The summed E-state index contributed by atoms with van der Waals surface area (Å²) in [6.07, 6.45) is 1.46. The van der Waals surface area contributed by atoms with Gasteiger partial charge in [0.2, 0.25) is 0 Å². The molecule has 0 aliphatic carbocycles. The van der Waals surface area contributed by atoms with E-state index in [9.17, 15) is 9.59 Å². The number of carbonyl (C=O) groups excluding carboxylic acids is 1. The van der Waals surface area contributed by atoms with Crippen LogP contribution in [0.15, 0.2) is 24.3 Å². The number of methoxy groups -OCH3 is 1. The van der Waals surface area contributed by atoms with E-state index in [1.165, 1.54) is 4.90 Å². The number of hydrogen-bond acceptors (Lipinski definition) is 4. The molecule has 0 radical (unpaired) electrons. The molecule has 0 aromatic heterocycles. The minimum Gasteiger partial charge on any atom is -0.493 e. The third kappa shape index (κ3) is 6.13. The molecule has 1 N–H and O–H groups in total. The van der Waals surface area contributed by atoms with Gasteiger partial charge in [-0.2, -0.15) is 0 Å². The first-order valence-electron chi connectivity index (χ1n) is 7.31. The molecule has 1 aromatic carbocycles. The Labute approximate surface area is 130 Å². The zero-order chi connectivity index (χ0) is 16.4. The highest BCUT2D eigenvalue weighted by Gasteiger charge is 2.18. The fraction of sp³-hybridized carbons (Fsp3) is 0.500. The van der Waals surface area contributed by atoms with Gasteiger partial charge in [-0.15, -0.1) is 0 Å². The van der Waals surface area contributed by atoms with E-state index in [-0.39, 0.29) is 12.5 Å². The maximum atomic E-state index is 12.4. The average Bonchev–Trinajstić information content (AvgIpc) is 2.50. The van der Waals surface area contributed by atoms with Crippen molar-refractivity contribution in [3.05, 3.63) is 29.8 Å². The van der Waals surface area contributed by atoms with Crippen LogP contribution in [0.5, 0.6) is 5.75 Å². The van der Waals surface area contributed by atoms with Crippen molar-refractivity contribution in [1.82, 2.24) is 4.90 Å². The standard InChI is InChI=1S/C16H23NO5/c1-3-8-17(12-15(18)19)16(20)13-6-4-7-14(11-13)22-10-5-9-21-2/h4,6-7,11H,3,5,8-10,12H2,1-2H3,(H,18,19). The predicted octanol–water partition coefficient (Wildman–Crippen LogP) is 2.04. The number of carboxylic acids is 1. The molecule has 6 heteroatoms. The van der Waals surface area contributed by atoms with E-state index in [0.717, 1.165) is 6.42 Å². The Kier molecular flexibility index (Phi) is 7.99. The molecule has 1 aromatic rings. The average molecular weight is 309 g/mol. The highest BCUT2D eigenvalue weighted by atomic mass is 16.5. The molecule has 0 bridgehead atoms. The lowest BCUT2D eigenvalue weighted by Gasteiger charge is -2.20. The van der Waals surface area contributed by atoms with Crippen molar-refractivity contribution in [2.75, 3.05) is 33.4 Å². The van der Waals surface area contributed by atoms with Crippen LogP contribution in [0.1, 0.15) is 30.1 Å². The van der Waals surface area contributed by atoms with Crippen LogP contribution in [0, 0.1) is 0 Å².